The maximum absolute atomic E-state index is 12.3. The molecular formula is C24H22N2O4. The van der Waals surface area contributed by atoms with Crippen LogP contribution in [0.3, 0.4) is 0 Å². The van der Waals surface area contributed by atoms with Crippen LogP contribution in [-0.4, -0.2) is 24.6 Å². The fraction of sp³-hybridized carbons (Fsp3) is 0.167. The Morgan fingerprint density at radius 1 is 1.03 bits per heavy atom. The number of fused-ring (bicyclic) bond motifs is 1. The lowest BCUT2D eigenvalue weighted by Gasteiger charge is -2.11. The Hall–Kier alpha value is -3.80. The Kier molecular flexibility index (Phi) is 5.39. The van der Waals surface area contributed by atoms with Gasteiger partial charge in [0.25, 0.3) is 5.91 Å². The highest BCUT2D eigenvalue weighted by molar-refractivity contribution is 5.94. The average Bonchev–Trinajstić information content (AvgIpc) is 3.17. The number of anilines is 1. The molecule has 30 heavy (non-hydrogen) atoms. The van der Waals surface area contributed by atoms with Crippen molar-refractivity contribution in [2.45, 2.75) is 13.8 Å². The first-order chi connectivity index (χ1) is 14.5. The largest absolute Gasteiger partial charge is 0.497 e. The van der Waals surface area contributed by atoms with Gasteiger partial charge in [0.1, 0.15) is 17.0 Å². The summed E-state index contributed by atoms with van der Waals surface area (Å²) in [4.78, 5) is 16.8. The summed E-state index contributed by atoms with van der Waals surface area (Å²) in [7, 11) is 1.62. The maximum Gasteiger partial charge on any atom is 0.262 e. The van der Waals surface area contributed by atoms with Crippen molar-refractivity contribution < 1.29 is 18.7 Å². The topological polar surface area (TPSA) is 73.6 Å². The first-order valence-corrected chi connectivity index (χ1v) is 9.57. The molecule has 6 heteroatoms. The zero-order valence-electron chi connectivity index (χ0n) is 17.1. The second-order valence-corrected chi connectivity index (χ2v) is 6.99. The number of amides is 1. The predicted octanol–water partition coefficient (Wildman–Crippen LogP) is 5.14. The molecule has 3 aromatic carbocycles. The Bertz CT molecular complexity index is 1180. The molecule has 4 rings (SSSR count). The molecule has 0 unspecified atom stereocenters. The van der Waals surface area contributed by atoms with E-state index >= 15 is 0 Å². The maximum atomic E-state index is 12.3. The minimum atomic E-state index is -0.244. The van der Waals surface area contributed by atoms with Crippen molar-refractivity contribution in [3.63, 3.8) is 0 Å². The lowest BCUT2D eigenvalue weighted by Crippen LogP contribution is -2.20. The van der Waals surface area contributed by atoms with Crippen LogP contribution in [0.15, 0.2) is 65.1 Å². The van der Waals surface area contributed by atoms with Crippen molar-refractivity contribution in [2.24, 2.45) is 0 Å². The van der Waals surface area contributed by atoms with Crippen molar-refractivity contribution in [3.8, 4) is 23.0 Å². The van der Waals surface area contributed by atoms with E-state index in [9.17, 15) is 4.79 Å². The van der Waals surface area contributed by atoms with Crippen molar-refractivity contribution >= 4 is 22.7 Å². The van der Waals surface area contributed by atoms with Crippen LogP contribution >= 0.6 is 0 Å². The first-order valence-electron chi connectivity index (χ1n) is 9.57. The number of rotatable bonds is 6. The van der Waals surface area contributed by atoms with Gasteiger partial charge in [0.05, 0.1) is 7.11 Å². The highest BCUT2D eigenvalue weighted by Gasteiger charge is 2.11. The number of ether oxygens (including phenoxy) is 2. The van der Waals surface area contributed by atoms with Gasteiger partial charge in [-0.1, -0.05) is 18.2 Å². The molecule has 0 radical (unpaired) electrons. The van der Waals surface area contributed by atoms with E-state index in [4.69, 9.17) is 13.9 Å². The molecule has 1 heterocycles. The van der Waals surface area contributed by atoms with Crippen molar-refractivity contribution in [1.29, 1.82) is 0 Å². The summed E-state index contributed by atoms with van der Waals surface area (Å²) in [6.45, 7) is 3.84. The molecule has 0 spiro atoms. The van der Waals surface area contributed by atoms with E-state index in [0.29, 0.717) is 22.7 Å². The summed E-state index contributed by atoms with van der Waals surface area (Å²) in [5.74, 6) is 1.77. The van der Waals surface area contributed by atoms with Gasteiger partial charge < -0.3 is 19.2 Å². The summed E-state index contributed by atoms with van der Waals surface area (Å²) >= 11 is 0. The van der Waals surface area contributed by atoms with E-state index < -0.39 is 0 Å². The zero-order valence-corrected chi connectivity index (χ0v) is 17.1. The Balaban J connectivity index is 1.46. The van der Waals surface area contributed by atoms with Gasteiger partial charge in [0, 0.05) is 17.3 Å². The summed E-state index contributed by atoms with van der Waals surface area (Å²) < 4.78 is 16.8. The van der Waals surface area contributed by atoms with Crippen LogP contribution in [0.25, 0.3) is 22.6 Å². The zero-order chi connectivity index (χ0) is 21.1. The molecule has 0 bridgehead atoms. The van der Waals surface area contributed by atoms with Crippen LogP contribution in [0, 0.1) is 13.8 Å². The lowest BCUT2D eigenvalue weighted by atomic mass is 10.1. The highest BCUT2D eigenvalue weighted by atomic mass is 16.5. The van der Waals surface area contributed by atoms with Gasteiger partial charge in [-0.2, -0.15) is 0 Å². The SMILES string of the molecule is COc1ccc(-c2nc3ccc(NC(=O)COc4c(C)cccc4C)cc3o2)cc1. The number of aryl methyl sites for hydroxylation is 2. The summed E-state index contributed by atoms with van der Waals surface area (Å²) in [5, 5.41) is 2.84. The Morgan fingerprint density at radius 2 is 1.77 bits per heavy atom. The minimum absolute atomic E-state index is 0.0722. The number of nitrogens with one attached hydrogen (secondary N) is 1. The van der Waals surface area contributed by atoms with E-state index in [1.54, 1.807) is 19.2 Å². The number of nitrogens with zero attached hydrogens (tertiary/aromatic N) is 1. The minimum Gasteiger partial charge on any atom is -0.497 e. The van der Waals surface area contributed by atoms with Crippen molar-refractivity contribution in [2.75, 3.05) is 19.0 Å². The van der Waals surface area contributed by atoms with Gasteiger partial charge in [-0.05, 0) is 61.4 Å². The molecule has 0 aliphatic carbocycles. The molecule has 0 saturated carbocycles. The lowest BCUT2D eigenvalue weighted by molar-refractivity contribution is -0.118. The molecule has 0 saturated heterocycles. The Morgan fingerprint density at radius 3 is 2.47 bits per heavy atom. The van der Waals surface area contributed by atoms with Gasteiger partial charge in [0.15, 0.2) is 12.2 Å². The highest BCUT2D eigenvalue weighted by Crippen LogP contribution is 2.28. The van der Waals surface area contributed by atoms with Gasteiger partial charge >= 0.3 is 0 Å². The summed E-state index contributed by atoms with van der Waals surface area (Å²) in [6.07, 6.45) is 0. The Labute approximate surface area is 174 Å². The number of methoxy groups -OCH3 is 1. The van der Waals surface area contributed by atoms with Gasteiger partial charge in [-0.3, -0.25) is 4.79 Å². The van der Waals surface area contributed by atoms with E-state index in [1.165, 1.54) is 0 Å². The number of para-hydroxylation sites is 1. The molecule has 1 N–H and O–H groups in total. The molecule has 152 valence electrons. The molecule has 1 amide bonds. The van der Waals surface area contributed by atoms with E-state index in [2.05, 4.69) is 10.3 Å². The molecule has 1 aromatic heterocycles. The third kappa shape index (κ3) is 4.12. The first kappa shape index (κ1) is 19.5. The van der Waals surface area contributed by atoms with Gasteiger partial charge in [-0.15, -0.1) is 0 Å². The predicted molar refractivity (Wildman–Crippen MR) is 116 cm³/mol. The normalized spacial score (nSPS) is 10.8. The number of benzene rings is 3. The third-order valence-electron chi connectivity index (χ3n) is 4.77. The average molecular weight is 402 g/mol. The molecule has 0 atom stereocenters. The van der Waals surface area contributed by atoms with E-state index in [0.717, 1.165) is 28.2 Å². The molecular weight excluding hydrogens is 380 g/mol. The molecule has 0 fully saturated rings. The van der Waals surface area contributed by atoms with Gasteiger partial charge in [-0.25, -0.2) is 4.98 Å². The monoisotopic (exact) mass is 402 g/mol. The smallest absolute Gasteiger partial charge is 0.262 e. The summed E-state index contributed by atoms with van der Waals surface area (Å²) in [6, 6.07) is 18.7. The molecule has 4 aromatic rings. The van der Waals surface area contributed by atoms with Crippen LogP contribution in [0.4, 0.5) is 5.69 Å². The fourth-order valence-electron chi connectivity index (χ4n) is 3.22. The van der Waals surface area contributed by atoms with Gasteiger partial charge in [0.2, 0.25) is 5.89 Å². The number of aromatic nitrogens is 1. The number of hydrogen-bond acceptors (Lipinski definition) is 5. The quantitative estimate of drug-likeness (QED) is 0.483. The third-order valence-corrected chi connectivity index (χ3v) is 4.77. The van der Waals surface area contributed by atoms with Crippen LogP contribution in [-0.2, 0) is 4.79 Å². The second kappa shape index (κ2) is 8.29. The van der Waals surface area contributed by atoms with Crippen LogP contribution in [0.1, 0.15) is 11.1 Å². The number of oxazole rings is 1. The second-order valence-electron chi connectivity index (χ2n) is 6.99. The molecule has 0 aliphatic rings. The standard InChI is InChI=1S/C24H22N2O4/c1-15-5-4-6-16(2)23(15)29-14-22(27)25-18-9-12-20-21(13-18)30-24(26-20)17-7-10-19(28-3)11-8-17/h4-13H,14H2,1-3H3,(H,25,27). The number of hydrogen-bond donors (Lipinski definition) is 1. The van der Waals surface area contributed by atoms with Crippen LogP contribution < -0.4 is 14.8 Å². The van der Waals surface area contributed by atoms with Crippen LogP contribution in [0.2, 0.25) is 0 Å². The fourth-order valence-corrected chi connectivity index (χ4v) is 3.22. The molecule has 6 nitrogen and oxygen atoms in total. The van der Waals surface area contributed by atoms with Crippen LogP contribution in [0.5, 0.6) is 11.5 Å². The van der Waals surface area contributed by atoms with E-state index in [-0.39, 0.29) is 12.5 Å². The van der Waals surface area contributed by atoms with Crippen molar-refractivity contribution in [3.05, 3.63) is 71.8 Å². The van der Waals surface area contributed by atoms with Crippen molar-refractivity contribution in [1.82, 2.24) is 4.98 Å². The number of carbonyl (C=O) groups is 1. The summed E-state index contributed by atoms with van der Waals surface area (Å²) in [5.41, 5.74) is 4.77. The van der Waals surface area contributed by atoms with E-state index in [1.807, 2.05) is 62.4 Å². The number of carbonyl (C=O) groups excluding carboxylic acids is 1. The molecule has 0 aliphatic heterocycles.